The van der Waals surface area contributed by atoms with Gasteiger partial charge in [-0.05, 0) is 67.1 Å². The first-order valence-electron chi connectivity index (χ1n) is 7.27. The van der Waals surface area contributed by atoms with Gasteiger partial charge in [0.25, 0.3) is 0 Å². The van der Waals surface area contributed by atoms with Gasteiger partial charge in [-0.3, -0.25) is 4.79 Å². The van der Waals surface area contributed by atoms with Gasteiger partial charge in [-0.25, -0.2) is 0 Å². The molecule has 0 bridgehead atoms. The third-order valence-electron chi connectivity index (χ3n) is 3.54. The molecule has 3 aromatic carbocycles. The van der Waals surface area contributed by atoms with Gasteiger partial charge < -0.3 is 0 Å². The summed E-state index contributed by atoms with van der Waals surface area (Å²) < 4.78 is 0. The van der Waals surface area contributed by atoms with Crippen LogP contribution in [0, 0.1) is 6.92 Å². The Balaban J connectivity index is 1.78. The number of rotatable bonds is 4. The zero-order chi connectivity index (χ0) is 16.2. The van der Waals surface area contributed by atoms with E-state index in [1.165, 1.54) is 10.5 Å². The minimum atomic E-state index is 0.00843. The molecule has 0 amide bonds. The maximum atomic E-state index is 12.4. The maximum Gasteiger partial charge on any atom is 0.193 e. The highest BCUT2D eigenvalue weighted by Gasteiger charge is 2.09. The normalized spacial score (nSPS) is 10.5. The lowest BCUT2D eigenvalue weighted by molar-refractivity contribution is 0.103. The molecule has 0 aliphatic heterocycles. The smallest absolute Gasteiger partial charge is 0.193 e. The zero-order valence-electron chi connectivity index (χ0n) is 12.6. The van der Waals surface area contributed by atoms with Crippen LogP contribution in [0.25, 0.3) is 0 Å². The van der Waals surface area contributed by atoms with Crippen LogP contribution in [0.2, 0.25) is 5.02 Å². The van der Waals surface area contributed by atoms with Crippen molar-refractivity contribution in [3.05, 3.63) is 94.5 Å². The average molecular weight is 339 g/mol. The summed E-state index contributed by atoms with van der Waals surface area (Å²) in [6.07, 6.45) is 0. The first-order valence-corrected chi connectivity index (χ1v) is 8.47. The first-order chi connectivity index (χ1) is 11.1. The first kappa shape index (κ1) is 15.9. The second-order valence-electron chi connectivity index (χ2n) is 5.23. The van der Waals surface area contributed by atoms with Gasteiger partial charge in [0.2, 0.25) is 0 Å². The van der Waals surface area contributed by atoms with E-state index in [0.717, 1.165) is 4.90 Å². The van der Waals surface area contributed by atoms with Gasteiger partial charge >= 0.3 is 0 Å². The predicted octanol–water partition coefficient (Wildman–Crippen LogP) is 6.03. The van der Waals surface area contributed by atoms with Gasteiger partial charge in [0.15, 0.2) is 5.78 Å². The van der Waals surface area contributed by atoms with Gasteiger partial charge in [-0.2, -0.15) is 0 Å². The Morgan fingerprint density at radius 3 is 2.00 bits per heavy atom. The Kier molecular flexibility index (Phi) is 4.85. The maximum absolute atomic E-state index is 12.4. The molecule has 0 aliphatic rings. The van der Waals surface area contributed by atoms with Crippen LogP contribution in [0.1, 0.15) is 21.5 Å². The predicted molar refractivity (Wildman–Crippen MR) is 96.6 cm³/mol. The fourth-order valence-electron chi connectivity index (χ4n) is 2.24. The number of hydrogen-bond acceptors (Lipinski definition) is 2. The fraction of sp³-hybridized carbons (Fsp3) is 0.0500. The van der Waals surface area contributed by atoms with Crippen molar-refractivity contribution in [3.8, 4) is 0 Å². The standard InChI is InChI=1S/C20H15ClOS/c1-14-4-2-3-5-19(14)23-18-12-8-16(9-13-18)20(22)15-6-10-17(21)11-7-15/h2-13H,1H3. The lowest BCUT2D eigenvalue weighted by Gasteiger charge is -2.06. The minimum Gasteiger partial charge on any atom is -0.289 e. The van der Waals surface area contributed by atoms with Crippen LogP contribution in [0.15, 0.2) is 82.6 Å². The number of carbonyl (C=O) groups excluding carboxylic acids is 1. The molecule has 0 saturated heterocycles. The molecule has 0 fully saturated rings. The van der Waals surface area contributed by atoms with Crippen molar-refractivity contribution in [3.63, 3.8) is 0 Å². The van der Waals surface area contributed by atoms with Crippen LogP contribution < -0.4 is 0 Å². The molecule has 0 spiro atoms. The molecule has 3 aromatic rings. The van der Waals surface area contributed by atoms with Crippen LogP contribution >= 0.6 is 23.4 Å². The molecule has 1 nitrogen and oxygen atoms in total. The Bertz CT molecular complexity index is 823. The molecule has 23 heavy (non-hydrogen) atoms. The highest BCUT2D eigenvalue weighted by molar-refractivity contribution is 7.99. The van der Waals surface area contributed by atoms with Gasteiger partial charge in [0.05, 0.1) is 0 Å². The third-order valence-corrected chi connectivity index (χ3v) is 4.98. The van der Waals surface area contributed by atoms with Crippen LogP contribution in [0.3, 0.4) is 0 Å². The van der Waals surface area contributed by atoms with Crippen molar-refractivity contribution < 1.29 is 4.79 Å². The van der Waals surface area contributed by atoms with Crippen molar-refractivity contribution in [2.75, 3.05) is 0 Å². The SMILES string of the molecule is Cc1ccccc1Sc1ccc(C(=O)c2ccc(Cl)cc2)cc1. The molecule has 3 rings (SSSR count). The molecule has 0 aromatic heterocycles. The van der Waals surface area contributed by atoms with E-state index in [-0.39, 0.29) is 5.78 Å². The van der Waals surface area contributed by atoms with E-state index < -0.39 is 0 Å². The van der Waals surface area contributed by atoms with E-state index in [1.807, 2.05) is 36.4 Å². The molecule has 0 heterocycles. The summed E-state index contributed by atoms with van der Waals surface area (Å²) in [5.74, 6) is 0.00843. The summed E-state index contributed by atoms with van der Waals surface area (Å²) >= 11 is 7.56. The van der Waals surface area contributed by atoms with Gasteiger partial charge in [0.1, 0.15) is 0 Å². The molecule has 0 saturated carbocycles. The highest BCUT2D eigenvalue weighted by Crippen LogP contribution is 2.30. The summed E-state index contributed by atoms with van der Waals surface area (Å²) in [5.41, 5.74) is 2.58. The van der Waals surface area contributed by atoms with E-state index in [4.69, 9.17) is 11.6 Å². The molecular formula is C20H15ClOS. The summed E-state index contributed by atoms with van der Waals surface area (Å²) in [4.78, 5) is 14.8. The molecule has 0 radical (unpaired) electrons. The third kappa shape index (κ3) is 3.84. The van der Waals surface area contributed by atoms with Crippen molar-refractivity contribution in [2.45, 2.75) is 16.7 Å². The topological polar surface area (TPSA) is 17.1 Å². The summed E-state index contributed by atoms with van der Waals surface area (Å²) in [6, 6.07) is 23.0. The van der Waals surface area contributed by atoms with Gasteiger partial charge in [-0.15, -0.1) is 0 Å². The fourth-order valence-corrected chi connectivity index (χ4v) is 3.27. The largest absolute Gasteiger partial charge is 0.289 e. The van der Waals surface area contributed by atoms with Crippen LogP contribution in [-0.4, -0.2) is 5.78 Å². The van der Waals surface area contributed by atoms with Crippen molar-refractivity contribution in [1.82, 2.24) is 0 Å². The number of halogens is 1. The Morgan fingerprint density at radius 1 is 0.826 bits per heavy atom. The van der Waals surface area contributed by atoms with E-state index >= 15 is 0 Å². The molecule has 0 aliphatic carbocycles. The minimum absolute atomic E-state index is 0.00843. The van der Waals surface area contributed by atoms with Crippen LogP contribution in [0.4, 0.5) is 0 Å². The monoisotopic (exact) mass is 338 g/mol. The van der Waals surface area contributed by atoms with Crippen LogP contribution in [-0.2, 0) is 0 Å². The molecule has 114 valence electrons. The van der Waals surface area contributed by atoms with E-state index in [2.05, 4.69) is 19.1 Å². The quantitative estimate of drug-likeness (QED) is 0.540. The lowest BCUT2D eigenvalue weighted by Crippen LogP contribution is -2.00. The van der Waals surface area contributed by atoms with E-state index in [0.29, 0.717) is 16.1 Å². The summed E-state index contributed by atoms with van der Waals surface area (Å²) in [7, 11) is 0. The highest BCUT2D eigenvalue weighted by atomic mass is 35.5. The Hall–Kier alpha value is -2.03. The second-order valence-corrected chi connectivity index (χ2v) is 6.78. The molecule has 0 N–H and O–H groups in total. The summed E-state index contributed by atoms with van der Waals surface area (Å²) in [5, 5.41) is 0.631. The zero-order valence-corrected chi connectivity index (χ0v) is 14.2. The number of ketones is 1. The van der Waals surface area contributed by atoms with Gasteiger partial charge in [-0.1, -0.05) is 41.6 Å². The lowest BCUT2D eigenvalue weighted by atomic mass is 10.0. The molecule has 0 unspecified atom stereocenters. The van der Waals surface area contributed by atoms with Crippen molar-refractivity contribution in [2.24, 2.45) is 0 Å². The summed E-state index contributed by atoms with van der Waals surface area (Å²) in [6.45, 7) is 2.10. The molecular weight excluding hydrogens is 324 g/mol. The number of aryl methyl sites for hydroxylation is 1. The number of hydrogen-bond donors (Lipinski definition) is 0. The molecule has 0 atom stereocenters. The van der Waals surface area contributed by atoms with Crippen LogP contribution in [0.5, 0.6) is 0 Å². The average Bonchev–Trinajstić information content (AvgIpc) is 2.58. The van der Waals surface area contributed by atoms with E-state index in [1.54, 1.807) is 36.0 Å². The number of carbonyl (C=O) groups is 1. The Labute approximate surface area is 145 Å². The Morgan fingerprint density at radius 2 is 1.39 bits per heavy atom. The van der Waals surface area contributed by atoms with Gasteiger partial charge in [0, 0.05) is 25.9 Å². The number of benzene rings is 3. The van der Waals surface area contributed by atoms with E-state index in [9.17, 15) is 4.79 Å². The van der Waals surface area contributed by atoms with Crippen molar-refractivity contribution in [1.29, 1.82) is 0 Å². The molecule has 3 heteroatoms. The van der Waals surface area contributed by atoms with Crippen molar-refractivity contribution >= 4 is 29.1 Å². The second kappa shape index (κ2) is 7.03.